The van der Waals surface area contributed by atoms with E-state index < -0.39 is 0 Å². The number of carbonyl (C=O) groups excluding carboxylic acids is 1. The third kappa shape index (κ3) is 4.91. The highest BCUT2D eigenvalue weighted by Gasteiger charge is 2.13. The molecular formula is C22H22ClNO5. The SMILES string of the molecule is COc1cc(NC(=O)COc2cc(C)c(Cl)c(C)c2)ccc1-c1ccc(CO)o1. The van der Waals surface area contributed by atoms with Crippen molar-refractivity contribution in [3.05, 3.63) is 64.4 Å². The molecule has 1 amide bonds. The van der Waals surface area contributed by atoms with E-state index in [-0.39, 0.29) is 19.1 Å². The molecule has 3 aromatic rings. The number of carbonyl (C=O) groups is 1. The van der Waals surface area contributed by atoms with Gasteiger partial charge in [-0.15, -0.1) is 0 Å². The van der Waals surface area contributed by atoms with Crippen LogP contribution in [-0.2, 0) is 11.4 Å². The topological polar surface area (TPSA) is 80.9 Å². The summed E-state index contributed by atoms with van der Waals surface area (Å²) in [5, 5.41) is 12.6. The Kier molecular flexibility index (Phi) is 6.46. The van der Waals surface area contributed by atoms with Gasteiger partial charge in [0, 0.05) is 16.8 Å². The fraction of sp³-hybridized carbons (Fsp3) is 0.227. The van der Waals surface area contributed by atoms with Gasteiger partial charge in [-0.05, 0) is 61.4 Å². The molecule has 7 heteroatoms. The van der Waals surface area contributed by atoms with E-state index in [1.807, 2.05) is 13.8 Å². The zero-order chi connectivity index (χ0) is 21.0. The van der Waals surface area contributed by atoms with E-state index in [2.05, 4.69) is 5.32 Å². The average Bonchev–Trinajstić information content (AvgIpc) is 3.19. The van der Waals surface area contributed by atoms with Crippen LogP contribution < -0.4 is 14.8 Å². The van der Waals surface area contributed by atoms with Crippen LogP contribution in [0.25, 0.3) is 11.3 Å². The summed E-state index contributed by atoms with van der Waals surface area (Å²) in [6.07, 6.45) is 0. The number of ether oxygens (including phenoxy) is 2. The van der Waals surface area contributed by atoms with Crippen LogP contribution in [0.15, 0.2) is 46.9 Å². The zero-order valence-corrected chi connectivity index (χ0v) is 17.2. The summed E-state index contributed by atoms with van der Waals surface area (Å²) in [6.45, 7) is 3.46. The Hall–Kier alpha value is -2.96. The van der Waals surface area contributed by atoms with Gasteiger partial charge >= 0.3 is 0 Å². The van der Waals surface area contributed by atoms with Crippen molar-refractivity contribution < 1.29 is 23.8 Å². The van der Waals surface area contributed by atoms with Crippen LogP contribution in [0.5, 0.6) is 11.5 Å². The summed E-state index contributed by atoms with van der Waals surface area (Å²) in [7, 11) is 1.54. The lowest BCUT2D eigenvalue weighted by atomic mass is 10.1. The molecule has 0 saturated heterocycles. The predicted octanol–water partition coefficient (Wildman–Crippen LogP) is 4.74. The fourth-order valence-electron chi connectivity index (χ4n) is 2.92. The molecule has 2 aromatic carbocycles. The maximum absolute atomic E-state index is 12.3. The molecule has 6 nitrogen and oxygen atoms in total. The van der Waals surface area contributed by atoms with Gasteiger partial charge < -0.3 is 24.3 Å². The minimum atomic E-state index is -0.300. The van der Waals surface area contributed by atoms with Gasteiger partial charge in [0.1, 0.15) is 29.6 Å². The molecule has 0 unspecified atom stereocenters. The number of amides is 1. The van der Waals surface area contributed by atoms with Crippen LogP contribution in [-0.4, -0.2) is 24.7 Å². The van der Waals surface area contributed by atoms with Crippen LogP contribution in [0, 0.1) is 13.8 Å². The summed E-state index contributed by atoms with van der Waals surface area (Å²) in [5.41, 5.74) is 3.07. The van der Waals surface area contributed by atoms with Crippen molar-refractivity contribution in [3.8, 4) is 22.8 Å². The van der Waals surface area contributed by atoms with Crippen LogP contribution in [0.3, 0.4) is 0 Å². The van der Waals surface area contributed by atoms with Gasteiger partial charge in [0.15, 0.2) is 6.61 Å². The lowest BCUT2D eigenvalue weighted by molar-refractivity contribution is -0.118. The molecule has 2 N–H and O–H groups in total. The Labute approximate surface area is 174 Å². The number of aryl methyl sites for hydroxylation is 2. The van der Waals surface area contributed by atoms with Gasteiger partial charge in [-0.3, -0.25) is 4.79 Å². The quantitative estimate of drug-likeness (QED) is 0.582. The lowest BCUT2D eigenvalue weighted by Gasteiger charge is -2.12. The monoisotopic (exact) mass is 415 g/mol. The average molecular weight is 416 g/mol. The number of aliphatic hydroxyl groups excluding tert-OH is 1. The lowest BCUT2D eigenvalue weighted by Crippen LogP contribution is -2.20. The normalized spacial score (nSPS) is 10.7. The van der Waals surface area contributed by atoms with Gasteiger partial charge in [0.2, 0.25) is 0 Å². The molecule has 0 spiro atoms. The summed E-state index contributed by atoms with van der Waals surface area (Å²) in [4.78, 5) is 12.3. The van der Waals surface area contributed by atoms with E-state index in [4.69, 9.17) is 30.6 Å². The molecular weight excluding hydrogens is 394 g/mol. The number of anilines is 1. The summed E-state index contributed by atoms with van der Waals surface area (Å²) in [6, 6.07) is 12.3. The van der Waals surface area contributed by atoms with Crippen molar-refractivity contribution in [2.24, 2.45) is 0 Å². The first-order valence-electron chi connectivity index (χ1n) is 8.98. The molecule has 0 fully saturated rings. The third-order valence-electron chi connectivity index (χ3n) is 4.35. The van der Waals surface area contributed by atoms with E-state index in [0.717, 1.165) is 11.1 Å². The number of methoxy groups -OCH3 is 1. The molecule has 1 aromatic heterocycles. The van der Waals surface area contributed by atoms with E-state index in [9.17, 15) is 4.79 Å². The largest absolute Gasteiger partial charge is 0.496 e. The highest BCUT2D eigenvalue weighted by Crippen LogP contribution is 2.33. The molecule has 0 aliphatic carbocycles. The second-order valence-electron chi connectivity index (χ2n) is 6.55. The molecule has 0 bridgehead atoms. The highest BCUT2D eigenvalue weighted by molar-refractivity contribution is 6.32. The standard InChI is InChI=1S/C22H22ClNO5/c1-13-8-17(9-14(2)22(13)23)28-12-21(26)24-15-4-6-18(20(10-15)27-3)19-7-5-16(11-25)29-19/h4-10,25H,11-12H2,1-3H3,(H,24,26). The molecule has 29 heavy (non-hydrogen) atoms. The summed E-state index contributed by atoms with van der Waals surface area (Å²) < 4.78 is 16.5. The van der Waals surface area contributed by atoms with Gasteiger partial charge in [0.25, 0.3) is 5.91 Å². The molecule has 0 aliphatic heterocycles. The van der Waals surface area contributed by atoms with Crippen LogP contribution in [0.4, 0.5) is 5.69 Å². The first-order chi connectivity index (χ1) is 13.9. The molecule has 0 atom stereocenters. The first-order valence-corrected chi connectivity index (χ1v) is 9.36. The van der Waals surface area contributed by atoms with Gasteiger partial charge in [0.05, 0.1) is 12.7 Å². The van der Waals surface area contributed by atoms with Crippen molar-refractivity contribution >= 4 is 23.2 Å². The molecule has 152 valence electrons. The Morgan fingerprint density at radius 2 is 1.86 bits per heavy atom. The number of nitrogens with one attached hydrogen (secondary N) is 1. The number of rotatable bonds is 7. The number of halogens is 1. The number of aliphatic hydroxyl groups is 1. The van der Waals surface area contributed by atoms with Crippen molar-refractivity contribution in [1.82, 2.24) is 0 Å². The number of hydrogen-bond donors (Lipinski definition) is 2. The highest BCUT2D eigenvalue weighted by atomic mass is 35.5. The maximum atomic E-state index is 12.3. The Balaban J connectivity index is 1.67. The third-order valence-corrected chi connectivity index (χ3v) is 4.94. The van der Waals surface area contributed by atoms with Crippen molar-refractivity contribution in [2.45, 2.75) is 20.5 Å². The van der Waals surface area contributed by atoms with E-state index >= 15 is 0 Å². The smallest absolute Gasteiger partial charge is 0.262 e. The van der Waals surface area contributed by atoms with E-state index in [1.54, 1.807) is 42.5 Å². The molecule has 0 radical (unpaired) electrons. The number of benzene rings is 2. The predicted molar refractivity (Wildman–Crippen MR) is 112 cm³/mol. The summed E-state index contributed by atoms with van der Waals surface area (Å²) in [5.74, 6) is 1.85. The maximum Gasteiger partial charge on any atom is 0.262 e. The molecule has 3 rings (SSSR count). The minimum Gasteiger partial charge on any atom is -0.496 e. The fourth-order valence-corrected chi connectivity index (χ4v) is 3.02. The second kappa shape index (κ2) is 9.03. The zero-order valence-electron chi connectivity index (χ0n) is 16.4. The van der Waals surface area contributed by atoms with Gasteiger partial charge in [-0.2, -0.15) is 0 Å². The van der Waals surface area contributed by atoms with Crippen LogP contribution >= 0.6 is 11.6 Å². The van der Waals surface area contributed by atoms with Crippen molar-refractivity contribution in [2.75, 3.05) is 19.0 Å². The number of hydrogen-bond acceptors (Lipinski definition) is 5. The van der Waals surface area contributed by atoms with Crippen LogP contribution in [0.1, 0.15) is 16.9 Å². The van der Waals surface area contributed by atoms with Crippen molar-refractivity contribution in [1.29, 1.82) is 0 Å². The Bertz CT molecular complexity index is 1000. The van der Waals surface area contributed by atoms with E-state index in [0.29, 0.717) is 39.3 Å². The minimum absolute atomic E-state index is 0.136. The van der Waals surface area contributed by atoms with Gasteiger partial charge in [-0.1, -0.05) is 11.6 Å². The van der Waals surface area contributed by atoms with Crippen molar-refractivity contribution in [3.63, 3.8) is 0 Å². The van der Waals surface area contributed by atoms with E-state index in [1.165, 1.54) is 7.11 Å². The Morgan fingerprint density at radius 1 is 1.14 bits per heavy atom. The molecule has 0 aliphatic rings. The van der Waals surface area contributed by atoms with Crippen LogP contribution in [0.2, 0.25) is 5.02 Å². The number of furan rings is 1. The summed E-state index contributed by atoms with van der Waals surface area (Å²) >= 11 is 6.15. The van der Waals surface area contributed by atoms with Gasteiger partial charge in [-0.25, -0.2) is 0 Å². The molecule has 0 saturated carbocycles. The second-order valence-corrected chi connectivity index (χ2v) is 6.93. The molecule has 1 heterocycles. The Morgan fingerprint density at radius 3 is 2.48 bits per heavy atom. The first kappa shape index (κ1) is 20.8.